The topological polar surface area (TPSA) is 70.7 Å². The van der Waals surface area contributed by atoms with Gasteiger partial charge in [0.2, 0.25) is 11.8 Å². The fourth-order valence-electron chi connectivity index (χ4n) is 2.96. The molecule has 0 aliphatic carbocycles. The first-order valence-electron chi connectivity index (χ1n) is 8.49. The van der Waals surface area contributed by atoms with E-state index in [2.05, 4.69) is 15.5 Å². The van der Waals surface area contributed by atoms with Crippen LogP contribution in [0.2, 0.25) is 5.02 Å². The van der Waals surface area contributed by atoms with Gasteiger partial charge in [-0.25, -0.2) is 0 Å². The molecule has 7 heteroatoms. The normalized spacial score (nSPS) is 15.7. The van der Waals surface area contributed by atoms with E-state index in [4.69, 9.17) is 16.3 Å². The Kier molecular flexibility index (Phi) is 7.08. The van der Waals surface area contributed by atoms with Gasteiger partial charge in [0.15, 0.2) is 0 Å². The lowest BCUT2D eigenvalue weighted by molar-refractivity contribution is -0.119. The molecular formula is C18H26ClN3O3. The van der Waals surface area contributed by atoms with E-state index in [0.717, 1.165) is 38.0 Å². The Morgan fingerprint density at radius 3 is 2.60 bits per heavy atom. The van der Waals surface area contributed by atoms with Crippen molar-refractivity contribution >= 4 is 29.1 Å². The number of likely N-dealkylation sites (tertiary alicyclic amines) is 1. The van der Waals surface area contributed by atoms with Gasteiger partial charge in [-0.15, -0.1) is 0 Å². The second-order valence-corrected chi connectivity index (χ2v) is 6.91. The molecule has 2 amide bonds. The number of hydrogen-bond acceptors (Lipinski definition) is 4. The van der Waals surface area contributed by atoms with E-state index in [0.29, 0.717) is 28.9 Å². The standard InChI is InChI=1S/C18H26ClN3O3/c1-12-8-16(17(25-3)9-15(12)19)21-18(24)11-22-6-4-14(5-7-22)10-20-13(2)23/h8-9,14H,4-7,10-11H2,1-3H3,(H,20,23)(H,21,24). The van der Waals surface area contributed by atoms with Gasteiger partial charge in [0.05, 0.1) is 19.3 Å². The molecule has 1 aromatic rings. The Morgan fingerprint density at radius 1 is 1.32 bits per heavy atom. The molecule has 25 heavy (non-hydrogen) atoms. The van der Waals surface area contributed by atoms with Crippen LogP contribution in [0.3, 0.4) is 0 Å². The second-order valence-electron chi connectivity index (χ2n) is 6.51. The molecule has 1 saturated heterocycles. The highest BCUT2D eigenvalue weighted by molar-refractivity contribution is 6.31. The van der Waals surface area contributed by atoms with Crippen LogP contribution < -0.4 is 15.4 Å². The zero-order chi connectivity index (χ0) is 18.4. The summed E-state index contributed by atoms with van der Waals surface area (Å²) in [7, 11) is 1.55. The fraction of sp³-hybridized carbons (Fsp3) is 0.556. The highest BCUT2D eigenvalue weighted by Gasteiger charge is 2.21. The summed E-state index contributed by atoms with van der Waals surface area (Å²) in [6.07, 6.45) is 1.97. The Balaban J connectivity index is 1.84. The summed E-state index contributed by atoms with van der Waals surface area (Å²) < 4.78 is 5.29. The number of amides is 2. The molecule has 6 nitrogen and oxygen atoms in total. The summed E-state index contributed by atoms with van der Waals surface area (Å²) in [6, 6.07) is 3.53. The lowest BCUT2D eigenvalue weighted by atomic mass is 9.97. The molecule has 0 spiro atoms. The average Bonchev–Trinajstić information content (AvgIpc) is 2.57. The molecule has 0 bridgehead atoms. The maximum absolute atomic E-state index is 12.3. The number of nitrogens with zero attached hydrogens (tertiary/aromatic N) is 1. The maximum Gasteiger partial charge on any atom is 0.238 e. The molecule has 1 fully saturated rings. The lowest BCUT2D eigenvalue weighted by Gasteiger charge is -2.31. The summed E-state index contributed by atoms with van der Waals surface area (Å²) in [5.74, 6) is 0.981. The van der Waals surface area contributed by atoms with Crippen molar-refractivity contribution in [2.24, 2.45) is 5.92 Å². The van der Waals surface area contributed by atoms with Crippen LogP contribution in [-0.2, 0) is 9.59 Å². The van der Waals surface area contributed by atoms with Gasteiger partial charge >= 0.3 is 0 Å². The highest BCUT2D eigenvalue weighted by Crippen LogP contribution is 2.31. The third-order valence-electron chi connectivity index (χ3n) is 4.47. The highest BCUT2D eigenvalue weighted by atomic mass is 35.5. The van der Waals surface area contributed by atoms with Crippen LogP contribution in [0.15, 0.2) is 12.1 Å². The van der Waals surface area contributed by atoms with Gasteiger partial charge in [0, 0.05) is 24.6 Å². The quantitative estimate of drug-likeness (QED) is 0.810. The molecule has 0 saturated carbocycles. The Bertz CT molecular complexity index is 628. The SMILES string of the molecule is COc1cc(Cl)c(C)cc1NC(=O)CN1CCC(CNC(C)=O)CC1. The van der Waals surface area contributed by atoms with Gasteiger partial charge in [0.1, 0.15) is 5.75 Å². The third-order valence-corrected chi connectivity index (χ3v) is 4.88. The number of hydrogen-bond donors (Lipinski definition) is 2. The molecule has 0 aromatic heterocycles. The van der Waals surface area contributed by atoms with Crippen molar-refractivity contribution in [2.45, 2.75) is 26.7 Å². The molecule has 1 aliphatic heterocycles. The van der Waals surface area contributed by atoms with Gasteiger partial charge in [-0.1, -0.05) is 11.6 Å². The number of piperidine rings is 1. The Morgan fingerprint density at radius 2 is 2.00 bits per heavy atom. The molecule has 1 heterocycles. The summed E-state index contributed by atoms with van der Waals surface area (Å²) in [5.41, 5.74) is 1.52. The number of nitrogens with one attached hydrogen (secondary N) is 2. The van der Waals surface area contributed by atoms with Crippen molar-refractivity contribution < 1.29 is 14.3 Å². The van der Waals surface area contributed by atoms with E-state index < -0.39 is 0 Å². The van der Waals surface area contributed by atoms with E-state index >= 15 is 0 Å². The smallest absolute Gasteiger partial charge is 0.238 e. The number of carbonyl (C=O) groups is 2. The van der Waals surface area contributed by atoms with Gasteiger partial charge < -0.3 is 15.4 Å². The Hall–Kier alpha value is -1.79. The summed E-state index contributed by atoms with van der Waals surface area (Å²) in [5, 5.41) is 6.38. The lowest BCUT2D eigenvalue weighted by Crippen LogP contribution is -2.41. The van der Waals surface area contributed by atoms with Crippen molar-refractivity contribution in [1.29, 1.82) is 0 Å². The number of methoxy groups -OCH3 is 1. The first-order chi connectivity index (χ1) is 11.9. The molecule has 0 unspecified atom stereocenters. The van der Waals surface area contributed by atoms with Gasteiger partial charge in [-0.2, -0.15) is 0 Å². The van der Waals surface area contributed by atoms with Crippen LogP contribution in [0, 0.1) is 12.8 Å². The fourth-order valence-corrected chi connectivity index (χ4v) is 3.11. The zero-order valence-electron chi connectivity index (χ0n) is 15.0. The number of halogens is 1. The summed E-state index contributed by atoms with van der Waals surface area (Å²) >= 11 is 6.09. The summed E-state index contributed by atoms with van der Waals surface area (Å²) in [4.78, 5) is 25.5. The minimum absolute atomic E-state index is 0.00835. The van der Waals surface area contributed by atoms with E-state index in [1.54, 1.807) is 13.2 Å². The van der Waals surface area contributed by atoms with Gasteiger partial charge in [-0.3, -0.25) is 14.5 Å². The van der Waals surface area contributed by atoms with E-state index in [1.807, 2.05) is 13.0 Å². The number of rotatable bonds is 6. The van der Waals surface area contributed by atoms with Crippen LogP contribution in [0.4, 0.5) is 5.69 Å². The second kappa shape index (κ2) is 9.06. The third kappa shape index (κ3) is 5.90. The predicted octanol–water partition coefficient (Wildman–Crippen LogP) is 2.44. The minimum Gasteiger partial charge on any atom is -0.495 e. The van der Waals surface area contributed by atoms with Crippen molar-refractivity contribution in [1.82, 2.24) is 10.2 Å². The van der Waals surface area contributed by atoms with E-state index in [9.17, 15) is 9.59 Å². The number of benzene rings is 1. The molecule has 1 aliphatic rings. The molecule has 2 rings (SSSR count). The monoisotopic (exact) mass is 367 g/mol. The molecule has 0 radical (unpaired) electrons. The average molecular weight is 368 g/mol. The van der Waals surface area contributed by atoms with Crippen LogP contribution in [0.25, 0.3) is 0 Å². The van der Waals surface area contributed by atoms with Crippen LogP contribution in [0.1, 0.15) is 25.3 Å². The predicted molar refractivity (Wildman–Crippen MR) is 99.2 cm³/mol. The zero-order valence-corrected chi connectivity index (χ0v) is 15.8. The first-order valence-corrected chi connectivity index (χ1v) is 8.87. The Labute approximate surface area is 153 Å². The van der Waals surface area contributed by atoms with Crippen LogP contribution in [-0.4, -0.2) is 50.0 Å². The van der Waals surface area contributed by atoms with Crippen molar-refractivity contribution in [3.63, 3.8) is 0 Å². The maximum atomic E-state index is 12.3. The van der Waals surface area contributed by atoms with Gasteiger partial charge in [-0.05, 0) is 50.4 Å². The van der Waals surface area contributed by atoms with E-state index in [-0.39, 0.29) is 11.8 Å². The molecule has 138 valence electrons. The molecule has 1 aromatic carbocycles. The first kappa shape index (κ1) is 19.5. The minimum atomic E-state index is -0.0691. The summed E-state index contributed by atoms with van der Waals surface area (Å²) in [6.45, 7) is 6.20. The number of carbonyl (C=O) groups excluding carboxylic acids is 2. The van der Waals surface area contributed by atoms with Gasteiger partial charge in [0.25, 0.3) is 0 Å². The largest absolute Gasteiger partial charge is 0.495 e. The van der Waals surface area contributed by atoms with Crippen molar-refractivity contribution in [2.75, 3.05) is 38.6 Å². The molecule has 2 N–H and O–H groups in total. The molecule has 0 atom stereocenters. The van der Waals surface area contributed by atoms with Crippen LogP contribution >= 0.6 is 11.6 Å². The van der Waals surface area contributed by atoms with E-state index in [1.165, 1.54) is 6.92 Å². The van der Waals surface area contributed by atoms with Crippen molar-refractivity contribution in [3.8, 4) is 5.75 Å². The number of anilines is 1. The number of aryl methyl sites for hydroxylation is 1. The van der Waals surface area contributed by atoms with Crippen LogP contribution in [0.5, 0.6) is 5.75 Å². The molecular weight excluding hydrogens is 342 g/mol. The number of ether oxygens (including phenoxy) is 1. The van der Waals surface area contributed by atoms with Crippen molar-refractivity contribution in [3.05, 3.63) is 22.7 Å².